The summed E-state index contributed by atoms with van der Waals surface area (Å²) in [7, 11) is 3.37. The van der Waals surface area contributed by atoms with Crippen molar-refractivity contribution in [2.75, 3.05) is 47.1 Å². The van der Waals surface area contributed by atoms with Gasteiger partial charge in [0.25, 0.3) is 0 Å². The molecule has 0 aliphatic carbocycles. The molecule has 0 radical (unpaired) electrons. The van der Waals surface area contributed by atoms with Crippen LogP contribution >= 0.6 is 0 Å². The van der Waals surface area contributed by atoms with Crippen LogP contribution in [-0.4, -0.2) is 68.8 Å². The summed E-state index contributed by atoms with van der Waals surface area (Å²) in [6, 6.07) is 4.80. The third-order valence-corrected chi connectivity index (χ3v) is 6.32. The molecule has 1 atom stereocenters. The highest BCUT2D eigenvalue weighted by molar-refractivity contribution is 5.79. The first-order chi connectivity index (χ1) is 13.2. The van der Waals surface area contributed by atoms with Crippen LogP contribution in [0.4, 0.5) is 0 Å². The zero-order chi connectivity index (χ0) is 18.8. The average Bonchev–Trinajstić information content (AvgIpc) is 3.26. The van der Waals surface area contributed by atoms with Gasteiger partial charge in [0, 0.05) is 38.8 Å². The van der Waals surface area contributed by atoms with Crippen LogP contribution in [0, 0.1) is 5.92 Å². The number of piperidine rings is 1. The molecule has 3 aliphatic rings. The SMILES string of the molecule is COc1cc2c(cc1OC)CN(C1CCN(C(=O)[C@H]3CCOC3)CC1)CC2. The van der Waals surface area contributed by atoms with Crippen molar-refractivity contribution < 1.29 is 19.0 Å². The molecular weight excluding hydrogens is 344 g/mol. The maximum absolute atomic E-state index is 12.6. The van der Waals surface area contributed by atoms with Crippen LogP contribution in [0.15, 0.2) is 12.1 Å². The fourth-order valence-corrected chi connectivity index (χ4v) is 4.66. The lowest BCUT2D eigenvalue weighted by Gasteiger charge is -2.41. The number of amides is 1. The molecule has 1 amide bonds. The van der Waals surface area contributed by atoms with E-state index >= 15 is 0 Å². The molecule has 4 rings (SSSR count). The first kappa shape index (κ1) is 18.6. The Hall–Kier alpha value is -1.79. The lowest BCUT2D eigenvalue weighted by molar-refractivity contribution is -0.137. The number of carbonyl (C=O) groups is 1. The predicted octanol–water partition coefficient (Wildman–Crippen LogP) is 2.09. The van der Waals surface area contributed by atoms with E-state index in [9.17, 15) is 4.79 Å². The Labute approximate surface area is 161 Å². The number of nitrogens with zero attached hydrogens (tertiary/aromatic N) is 2. The molecule has 0 saturated carbocycles. The minimum atomic E-state index is 0.0888. The summed E-state index contributed by atoms with van der Waals surface area (Å²) in [4.78, 5) is 17.2. The van der Waals surface area contributed by atoms with Gasteiger partial charge in [0.15, 0.2) is 11.5 Å². The van der Waals surface area contributed by atoms with Gasteiger partial charge in [-0.05, 0) is 48.9 Å². The number of ether oxygens (including phenoxy) is 3. The van der Waals surface area contributed by atoms with Crippen LogP contribution in [0.2, 0.25) is 0 Å². The lowest BCUT2D eigenvalue weighted by Crippen LogP contribution is -2.49. The van der Waals surface area contributed by atoms with Crippen molar-refractivity contribution in [2.45, 2.75) is 38.3 Å². The quantitative estimate of drug-likeness (QED) is 0.808. The summed E-state index contributed by atoms with van der Waals surface area (Å²) in [5.41, 5.74) is 2.69. The van der Waals surface area contributed by atoms with E-state index in [4.69, 9.17) is 14.2 Å². The van der Waals surface area contributed by atoms with Gasteiger partial charge in [-0.15, -0.1) is 0 Å². The standard InChI is InChI=1S/C21H30N2O4/c1-25-19-11-15-3-7-23(13-17(15)12-20(19)26-2)18-4-8-22(9-5-18)21(24)16-6-10-27-14-16/h11-12,16,18H,3-10,13-14H2,1-2H3/t16-/m0/s1. The molecule has 1 aromatic rings. The van der Waals surface area contributed by atoms with Crippen LogP contribution in [0.3, 0.4) is 0 Å². The second-order valence-electron chi connectivity index (χ2n) is 7.81. The maximum Gasteiger partial charge on any atom is 0.228 e. The van der Waals surface area contributed by atoms with Gasteiger partial charge in [0.2, 0.25) is 5.91 Å². The van der Waals surface area contributed by atoms with Gasteiger partial charge < -0.3 is 19.1 Å². The number of hydrogen-bond donors (Lipinski definition) is 0. The Balaban J connectivity index is 1.36. The van der Waals surface area contributed by atoms with Gasteiger partial charge in [0.05, 0.1) is 26.7 Å². The van der Waals surface area contributed by atoms with Gasteiger partial charge in [-0.25, -0.2) is 0 Å². The van der Waals surface area contributed by atoms with E-state index in [2.05, 4.69) is 21.9 Å². The van der Waals surface area contributed by atoms with Gasteiger partial charge in [-0.2, -0.15) is 0 Å². The highest BCUT2D eigenvalue weighted by Gasteiger charge is 2.33. The number of carbonyl (C=O) groups excluding carboxylic acids is 1. The lowest BCUT2D eigenvalue weighted by atomic mass is 9.94. The molecule has 0 N–H and O–H groups in total. The molecule has 3 heterocycles. The highest BCUT2D eigenvalue weighted by atomic mass is 16.5. The van der Waals surface area contributed by atoms with Crippen molar-refractivity contribution in [3.8, 4) is 11.5 Å². The number of methoxy groups -OCH3 is 2. The Morgan fingerprint density at radius 2 is 1.74 bits per heavy atom. The van der Waals surface area contributed by atoms with Crippen LogP contribution in [-0.2, 0) is 22.5 Å². The zero-order valence-electron chi connectivity index (χ0n) is 16.4. The molecule has 0 bridgehead atoms. The highest BCUT2D eigenvalue weighted by Crippen LogP contribution is 2.34. The maximum atomic E-state index is 12.6. The van der Waals surface area contributed by atoms with E-state index in [0.29, 0.717) is 18.6 Å². The van der Waals surface area contributed by atoms with Gasteiger partial charge >= 0.3 is 0 Å². The van der Waals surface area contributed by atoms with Crippen molar-refractivity contribution in [3.05, 3.63) is 23.3 Å². The second-order valence-corrected chi connectivity index (χ2v) is 7.81. The third kappa shape index (κ3) is 3.78. The first-order valence-electron chi connectivity index (χ1n) is 10.0. The van der Waals surface area contributed by atoms with Crippen LogP contribution in [0.5, 0.6) is 11.5 Å². The Morgan fingerprint density at radius 1 is 1.04 bits per heavy atom. The van der Waals surface area contributed by atoms with E-state index in [1.165, 1.54) is 11.1 Å². The summed E-state index contributed by atoms with van der Waals surface area (Å²) in [6.07, 6.45) is 4.03. The Bertz CT molecular complexity index is 679. The number of likely N-dealkylation sites (tertiary alicyclic amines) is 1. The minimum Gasteiger partial charge on any atom is -0.493 e. The topological polar surface area (TPSA) is 51.2 Å². The van der Waals surface area contributed by atoms with E-state index in [0.717, 1.165) is 70.0 Å². The smallest absolute Gasteiger partial charge is 0.228 e. The van der Waals surface area contributed by atoms with Crippen LogP contribution in [0.25, 0.3) is 0 Å². The molecule has 2 fully saturated rings. The van der Waals surface area contributed by atoms with E-state index < -0.39 is 0 Å². The molecular formula is C21H30N2O4. The third-order valence-electron chi connectivity index (χ3n) is 6.32. The molecule has 1 aromatic carbocycles. The molecule has 6 heteroatoms. The molecule has 6 nitrogen and oxygen atoms in total. The molecule has 3 aliphatic heterocycles. The normalized spacial score (nSPS) is 23.9. The Kier molecular flexibility index (Phi) is 5.55. The number of fused-ring (bicyclic) bond motifs is 1. The second kappa shape index (κ2) is 8.07. The Morgan fingerprint density at radius 3 is 2.37 bits per heavy atom. The van der Waals surface area contributed by atoms with E-state index in [1.807, 2.05) is 0 Å². The van der Waals surface area contributed by atoms with Crippen molar-refractivity contribution in [1.29, 1.82) is 0 Å². The van der Waals surface area contributed by atoms with Crippen molar-refractivity contribution in [3.63, 3.8) is 0 Å². The van der Waals surface area contributed by atoms with Crippen molar-refractivity contribution in [1.82, 2.24) is 9.80 Å². The van der Waals surface area contributed by atoms with Gasteiger partial charge in [-0.3, -0.25) is 9.69 Å². The van der Waals surface area contributed by atoms with Crippen LogP contribution < -0.4 is 9.47 Å². The van der Waals surface area contributed by atoms with Crippen molar-refractivity contribution >= 4 is 5.91 Å². The van der Waals surface area contributed by atoms with Crippen molar-refractivity contribution in [2.24, 2.45) is 5.92 Å². The molecule has 0 aromatic heterocycles. The number of benzene rings is 1. The van der Waals surface area contributed by atoms with E-state index in [-0.39, 0.29) is 5.92 Å². The summed E-state index contributed by atoms with van der Waals surface area (Å²) < 4.78 is 16.3. The summed E-state index contributed by atoms with van der Waals surface area (Å²) in [6.45, 7) is 5.09. The molecule has 2 saturated heterocycles. The van der Waals surface area contributed by atoms with E-state index in [1.54, 1.807) is 14.2 Å². The minimum absolute atomic E-state index is 0.0888. The van der Waals surface area contributed by atoms with Gasteiger partial charge in [-0.1, -0.05) is 0 Å². The summed E-state index contributed by atoms with van der Waals surface area (Å²) >= 11 is 0. The molecule has 148 valence electrons. The summed E-state index contributed by atoms with van der Waals surface area (Å²) in [5, 5.41) is 0. The van der Waals surface area contributed by atoms with Gasteiger partial charge in [0.1, 0.15) is 0 Å². The monoisotopic (exact) mass is 374 g/mol. The number of rotatable bonds is 4. The molecule has 0 unspecified atom stereocenters. The number of hydrogen-bond acceptors (Lipinski definition) is 5. The zero-order valence-corrected chi connectivity index (χ0v) is 16.4. The average molecular weight is 374 g/mol. The molecule has 27 heavy (non-hydrogen) atoms. The van der Waals surface area contributed by atoms with Crippen LogP contribution in [0.1, 0.15) is 30.4 Å². The largest absolute Gasteiger partial charge is 0.493 e. The fraction of sp³-hybridized carbons (Fsp3) is 0.667. The predicted molar refractivity (Wildman–Crippen MR) is 102 cm³/mol. The summed E-state index contributed by atoms with van der Waals surface area (Å²) in [5.74, 6) is 2.00. The first-order valence-corrected chi connectivity index (χ1v) is 10.0. The fourth-order valence-electron chi connectivity index (χ4n) is 4.66. The molecule has 0 spiro atoms.